The molecule has 2 N–H and O–H groups in total. The minimum absolute atomic E-state index is 0.121. The van der Waals surface area contributed by atoms with Gasteiger partial charge in [-0.2, -0.15) is 0 Å². The van der Waals surface area contributed by atoms with Crippen molar-refractivity contribution < 1.29 is 0 Å². The van der Waals surface area contributed by atoms with E-state index in [1.165, 1.54) is 18.4 Å². The molecule has 2 rings (SSSR count). The molecule has 3 heteroatoms. The predicted octanol–water partition coefficient (Wildman–Crippen LogP) is 2.48. The minimum atomic E-state index is 0.121. The van der Waals surface area contributed by atoms with Crippen molar-refractivity contribution >= 4 is 11.6 Å². The fraction of sp³-hybridized carbons (Fsp3) is 0.538. The highest BCUT2D eigenvalue weighted by Crippen LogP contribution is 2.13. The Morgan fingerprint density at radius 1 is 1.31 bits per heavy atom. The molecule has 2 unspecified atom stereocenters. The van der Waals surface area contributed by atoms with Gasteiger partial charge in [-0.25, -0.2) is 0 Å². The molecule has 88 valence electrons. The Bertz CT molecular complexity index is 302. The first kappa shape index (κ1) is 11.9. The Labute approximate surface area is 102 Å². The molecule has 1 aliphatic heterocycles. The molecule has 2 atom stereocenters. The zero-order chi connectivity index (χ0) is 11.2. The molecule has 0 bridgehead atoms. The summed E-state index contributed by atoms with van der Waals surface area (Å²) in [6.07, 6.45) is 3.42. The van der Waals surface area contributed by atoms with Crippen molar-refractivity contribution in [2.45, 2.75) is 37.4 Å². The molecule has 1 fully saturated rings. The summed E-state index contributed by atoms with van der Waals surface area (Å²) in [7, 11) is 0. The van der Waals surface area contributed by atoms with Gasteiger partial charge in [0.25, 0.3) is 0 Å². The van der Waals surface area contributed by atoms with E-state index in [9.17, 15) is 0 Å². The molecule has 0 radical (unpaired) electrons. The van der Waals surface area contributed by atoms with E-state index in [2.05, 4.69) is 34.9 Å². The van der Waals surface area contributed by atoms with E-state index in [-0.39, 0.29) is 5.50 Å². The van der Waals surface area contributed by atoms with Crippen LogP contribution in [0.3, 0.4) is 0 Å². The van der Waals surface area contributed by atoms with Crippen LogP contribution in [-0.2, 0) is 6.54 Å². The van der Waals surface area contributed by atoms with E-state index in [1.54, 1.807) is 0 Å². The van der Waals surface area contributed by atoms with E-state index in [4.69, 9.17) is 11.6 Å². The van der Waals surface area contributed by atoms with Crippen LogP contribution in [0.1, 0.15) is 24.8 Å². The zero-order valence-corrected chi connectivity index (χ0v) is 10.2. The first-order valence-electron chi connectivity index (χ1n) is 5.99. The lowest BCUT2D eigenvalue weighted by atomic mass is 10.1. The summed E-state index contributed by atoms with van der Waals surface area (Å²) in [6.45, 7) is 1.98. The first-order chi connectivity index (χ1) is 7.84. The van der Waals surface area contributed by atoms with E-state index < -0.39 is 0 Å². The average Bonchev–Trinajstić information content (AvgIpc) is 2.52. The van der Waals surface area contributed by atoms with Crippen molar-refractivity contribution in [2.75, 3.05) is 6.54 Å². The van der Waals surface area contributed by atoms with Gasteiger partial charge in [-0.3, -0.25) is 0 Å². The molecule has 1 aliphatic rings. The maximum absolute atomic E-state index is 6.15. The molecule has 1 saturated heterocycles. The third-order valence-electron chi connectivity index (χ3n) is 3.02. The average molecular weight is 239 g/mol. The quantitative estimate of drug-likeness (QED) is 0.625. The molecule has 0 aromatic heterocycles. The van der Waals surface area contributed by atoms with Crippen molar-refractivity contribution in [1.82, 2.24) is 10.6 Å². The summed E-state index contributed by atoms with van der Waals surface area (Å²) < 4.78 is 0. The van der Waals surface area contributed by atoms with E-state index in [0.29, 0.717) is 6.04 Å². The van der Waals surface area contributed by atoms with Gasteiger partial charge < -0.3 is 10.6 Å². The topological polar surface area (TPSA) is 24.1 Å². The van der Waals surface area contributed by atoms with Gasteiger partial charge in [-0.15, -0.1) is 11.6 Å². The fourth-order valence-corrected chi connectivity index (χ4v) is 2.43. The Morgan fingerprint density at radius 3 is 2.94 bits per heavy atom. The Morgan fingerprint density at radius 2 is 2.12 bits per heavy atom. The Kier molecular flexibility index (Phi) is 4.64. The Balaban J connectivity index is 1.80. The van der Waals surface area contributed by atoms with Crippen LogP contribution in [-0.4, -0.2) is 18.1 Å². The second-order valence-electron chi connectivity index (χ2n) is 4.36. The summed E-state index contributed by atoms with van der Waals surface area (Å²) in [5.74, 6) is 0. The first-order valence-corrected chi connectivity index (χ1v) is 6.43. The summed E-state index contributed by atoms with van der Waals surface area (Å²) in [5, 5.41) is 6.88. The van der Waals surface area contributed by atoms with Crippen molar-refractivity contribution in [3.63, 3.8) is 0 Å². The van der Waals surface area contributed by atoms with Crippen LogP contribution in [0.25, 0.3) is 0 Å². The molecular weight excluding hydrogens is 220 g/mol. The van der Waals surface area contributed by atoms with Gasteiger partial charge in [0.1, 0.15) is 0 Å². The lowest BCUT2D eigenvalue weighted by molar-refractivity contribution is 0.459. The van der Waals surface area contributed by atoms with Crippen LogP contribution in [0.15, 0.2) is 30.3 Å². The van der Waals surface area contributed by atoms with Gasteiger partial charge in [0.15, 0.2) is 0 Å². The number of alkyl halides is 1. The predicted molar refractivity (Wildman–Crippen MR) is 68.6 cm³/mol. The van der Waals surface area contributed by atoms with Crippen LogP contribution in [0.5, 0.6) is 0 Å². The molecule has 0 spiro atoms. The molecular formula is C13H19ClN2. The highest BCUT2D eigenvalue weighted by molar-refractivity contribution is 6.20. The lowest BCUT2D eigenvalue weighted by Gasteiger charge is -2.17. The maximum atomic E-state index is 6.15. The lowest BCUT2D eigenvalue weighted by Crippen LogP contribution is -2.32. The van der Waals surface area contributed by atoms with Gasteiger partial charge in [0, 0.05) is 12.6 Å². The second-order valence-corrected chi connectivity index (χ2v) is 4.89. The smallest absolute Gasteiger partial charge is 0.0840 e. The largest absolute Gasteiger partial charge is 0.310 e. The van der Waals surface area contributed by atoms with Crippen LogP contribution < -0.4 is 10.6 Å². The highest BCUT2D eigenvalue weighted by atomic mass is 35.5. The number of hydrogen-bond acceptors (Lipinski definition) is 2. The van der Waals surface area contributed by atoms with Crippen molar-refractivity contribution in [1.29, 1.82) is 0 Å². The van der Waals surface area contributed by atoms with Gasteiger partial charge in [0.2, 0.25) is 0 Å². The fourth-order valence-electron chi connectivity index (χ4n) is 2.10. The third-order valence-corrected chi connectivity index (χ3v) is 3.36. The number of hydrogen-bond donors (Lipinski definition) is 2. The van der Waals surface area contributed by atoms with Crippen molar-refractivity contribution in [3.8, 4) is 0 Å². The normalized spacial score (nSPS) is 26.3. The second kappa shape index (κ2) is 6.24. The van der Waals surface area contributed by atoms with E-state index in [0.717, 1.165) is 19.5 Å². The summed E-state index contributed by atoms with van der Waals surface area (Å²) in [4.78, 5) is 0. The van der Waals surface area contributed by atoms with Crippen LogP contribution in [0, 0.1) is 0 Å². The van der Waals surface area contributed by atoms with Crippen molar-refractivity contribution in [3.05, 3.63) is 35.9 Å². The Hall–Kier alpha value is -0.570. The number of nitrogens with one attached hydrogen (secondary N) is 2. The zero-order valence-electron chi connectivity index (χ0n) is 9.45. The van der Waals surface area contributed by atoms with Gasteiger partial charge in [0.05, 0.1) is 5.50 Å². The third kappa shape index (κ3) is 3.78. The molecule has 16 heavy (non-hydrogen) atoms. The summed E-state index contributed by atoms with van der Waals surface area (Å²) in [5.41, 5.74) is 1.46. The van der Waals surface area contributed by atoms with E-state index in [1.807, 2.05) is 6.07 Å². The summed E-state index contributed by atoms with van der Waals surface area (Å²) >= 11 is 6.15. The summed E-state index contributed by atoms with van der Waals surface area (Å²) in [6, 6.07) is 11.1. The van der Waals surface area contributed by atoms with Crippen molar-refractivity contribution in [2.24, 2.45) is 0 Å². The standard InChI is InChI=1S/C13H19ClN2/c14-13-9-12(7-4-8-15-13)16-10-11-5-2-1-3-6-11/h1-3,5-6,12-13,15-16H,4,7-10H2. The van der Waals surface area contributed by atoms with Gasteiger partial charge in [-0.05, 0) is 31.4 Å². The monoisotopic (exact) mass is 238 g/mol. The van der Waals surface area contributed by atoms with Gasteiger partial charge >= 0.3 is 0 Å². The molecule has 1 aromatic rings. The molecule has 2 nitrogen and oxygen atoms in total. The number of rotatable bonds is 3. The SMILES string of the molecule is ClC1CC(NCc2ccccc2)CCCN1. The maximum Gasteiger partial charge on any atom is 0.0840 e. The molecule has 1 aromatic carbocycles. The van der Waals surface area contributed by atoms with Crippen LogP contribution >= 0.6 is 11.6 Å². The van der Waals surface area contributed by atoms with Gasteiger partial charge in [-0.1, -0.05) is 30.3 Å². The molecule has 0 saturated carbocycles. The van der Waals surface area contributed by atoms with E-state index >= 15 is 0 Å². The van der Waals surface area contributed by atoms with Crippen LogP contribution in [0.4, 0.5) is 0 Å². The van der Waals surface area contributed by atoms with Crippen LogP contribution in [0.2, 0.25) is 0 Å². The molecule has 0 amide bonds. The highest BCUT2D eigenvalue weighted by Gasteiger charge is 2.17. The minimum Gasteiger partial charge on any atom is -0.310 e. The number of benzene rings is 1. The molecule has 1 heterocycles. The number of halogens is 1. The molecule has 0 aliphatic carbocycles.